The molecule has 19 heavy (non-hydrogen) atoms. The van der Waals surface area contributed by atoms with Gasteiger partial charge in [-0.15, -0.1) is 0 Å². The minimum atomic E-state index is 0.480. The van der Waals surface area contributed by atoms with Gasteiger partial charge in [-0.2, -0.15) is 0 Å². The van der Waals surface area contributed by atoms with E-state index in [-0.39, 0.29) is 0 Å². The molecule has 1 aromatic carbocycles. The van der Waals surface area contributed by atoms with Crippen molar-refractivity contribution in [3.8, 4) is 0 Å². The van der Waals surface area contributed by atoms with Crippen LogP contribution in [0, 0.1) is 0 Å². The molecule has 0 aliphatic carbocycles. The Morgan fingerprint density at radius 1 is 1.32 bits per heavy atom. The Hall–Kier alpha value is -1.61. The van der Waals surface area contributed by atoms with E-state index in [1.807, 2.05) is 6.07 Å². The quantitative estimate of drug-likeness (QED) is 0.893. The first kappa shape index (κ1) is 13.8. The Balaban J connectivity index is 2.51. The zero-order valence-electron chi connectivity index (χ0n) is 12.1. The number of anilines is 1. The summed E-state index contributed by atoms with van der Waals surface area (Å²) in [5.74, 6) is 0. The van der Waals surface area contributed by atoms with Crippen molar-refractivity contribution in [2.75, 3.05) is 11.9 Å². The fraction of sp³-hybridized carbons (Fsp3) is 0.438. The zero-order valence-corrected chi connectivity index (χ0v) is 12.1. The molecule has 2 rings (SSSR count). The Morgan fingerprint density at radius 2 is 2.05 bits per heavy atom. The van der Waals surface area contributed by atoms with E-state index in [0.29, 0.717) is 12.6 Å². The maximum atomic E-state index is 5.76. The van der Waals surface area contributed by atoms with Crippen LogP contribution >= 0.6 is 0 Å². The molecule has 2 aromatic rings. The second-order valence-corrected chi connectivity index (χ2v) is 5.10. The Labute approximate surface area is 115 Å². The van der Waals surface area contributed by atoms with E-state index in [1.54, 1.807) is 0 Å². The summed E-state index contributed by atoms with van der Waals surface area (Å²) in [4.78, 5) is 6.93. The van der Waals surface area contributed by atoms with Crippen molar-refractivity contribution in [1.82, 2.24) is 4.98 Å². The topological polar surface area (TPSA) is 42.1 Å². The van der Waals surface area contributed by atoms with Gasteiger partial charge in [0.2, 0.25) is 0 Å². The van der Waals surface area contributed by atoms with E-state index in [2.05, 4.69) is 55.0 Å². The Morgan fingerprint density at radius 3 is 2.74 bits per heavy atom. The van der Waals surface area contributed by atoms with E-state index in [9.17, 15) is 0 Å². The summed E-state index contributed by atoms with van der Waals surface area (Å²) in [5.41, 5.74) is 8.96. The number of benzene rings is 1. The van der Waals surface area contributed by atoms with Crippen molar-refractivity contribution < 1.29 is 0 Å². The van der Waals surface area contributed by atoms with Gasteiger partial charge in [0.05, 0.1) is 11.2 Å². The molecule has 102 valence electrons. The second-order valence-electron chi connectivity index (χ2n) is 5.10. The molecule has 0 aliphatic rings. The average Bonchev–Trinajstić information content (AvgIpc) is 2.45. The van der Waals surface area contributed by atoms with Gasteiger partial charge in [0.15, 0.2) is 0 Å². The van der Waals surface area contributed by atoms with Gasteiger partial charge >= 0.3 is 0 Å². The fourth-order valence-corrected chi connectivity index (χ4v) is 2.46. The van der Waals surface area contributed by atoms with E-state index in [4.69, 9.17) is 5.73 Å². The molecule has 0 spiro atoms. The highest BCUT2D eigenvalue weighted by molar-refractivity contribution is 5.92. The average molecular weight is 257 g/mol. The lowest BCUT2D eigenvalue weighted by Crippen LogP contribution is -2.29. The first-order valence-electron chi connectivity index (χ1n) is 6.99. The third-order valence-electron chi connectivity index (χ3n) is 3.70. The van der Waals surface area contributed by atoms with E-state index in [1.165, 1.54) is 23.9 Å². The standard InChI is InChI=1S/C16H23N3/c1-4-7-12(2)19(3)16-10-13(11-17)18-15-9-6-5-8-14(15)16/h5-6,8-10,12H,4,7,11,17H2,1-3H3. The van der Waals surface area contributed by atoms with Crippen LogP contribution in [0.3, 0.4) is 0 Å². The van der Waals surface area contributed by atoms with Gasteiger partial charge in [0.25, 0.3) is 0 Å². The summed E-state index contributed by atoms with van der Waals surface area (Å²) in [6.07, 6.45) is 2.38. The molecule has 3 nitrogen and oxygen atoms in total. The number of fused-ring (bicyclic) bond motifs is 1. The van der Waals surface area contributed by atoms with Crippen molar-refractivity contribution in [3.63, 3.8) is 0 Å². The number of hydrogen-bond acceptors (Lipinski definition) is 3. The highest BCUT2D eigenvalue weighted by Gasteiger charge is 2.13. The lowest BCUT2D eigenvalue weighted by Gasteiger charge is -2.28. The van der Waals surface area contributed by atoms with Crippen LogP contribution in [0.4, 0.5) is 5.69 Å². The van der Waals surface area contributed by atoms with Crippen molar-refractivity contribution >= 4 is 16.6 Å². The molecule has 0 amide bonds. The van der Waals surface area contributed by atoms with Crippen molar-refractivity contribution in [1.29, 1.82) is 0 Å². The van der Waals surface area contributed by atoms with Gasteiger partial charge in [-0.3, -0.25) is 4.98 Å². The Kier molecular flexibility index (Phi) is 4.38. The predicted octanol–water partition coefficient (Wildman–Crippen LogP) is 3.32. The van der Waals surface area contributed by atoms with E-state index < -0.39 is 0 Å². The summed E-state index contributed by atoms with van der Waals surface area (Å²) in [7, 11) is 2.16. The fourth-order valence-electron chi connectivity index (χ4n) is 2.46. The first-order chi connectivity index (χ1) is 9.17. The molecule has 1 atom stereocenters. The second kappa shape index (κ2) is 6.02. The van der Waals surface area contributed by atoms with Gasteiger partial charge in [-0.25, -0.2) is 0 Å². The van der Waals surface area contributed by atoms with Crippen LogP contribution < -0.4 is 10.6 Å². The molecule has 0 radical (unpaired) electrons. The molecule has 1 aromatic heterocycles. The van der Waals surface area contributed by atoms with Crippen LogP contribution in [-0.4, -0.2) is 18.1 Å². The third kappa shape index (κ3) is 2.87. The molecule has 0 saturated carbocycles. The number of nitrogens with two attached hydrogens (primary N) is 1. The van der Waals surface area contributed by atoms with Gasteiger partial charge in [0.1, 0.15) is 0 Å². The molecular formula is C16H23N3. The molecule has 3 heteroatoms. The molecule has 0 fully saturated rings. The SMILES string of the molecule is CCCC(C)N(C)c1cc(CN)nc2ccccc12. The monoisotopic (exact) mass is 257 g/mol. The number of rotatable bonds is 5. The number of para-hydroxylation sites is 1. The summed E-state index contributed by atoms with van der Waals surface area (Å²) < 4.78 is 0. The molecular weight excluding hydrogens is 234 g/mol. The maximum absolute atomic E-state index is 5.76. The van der Waals surface area contributed by atoms with Gasteiger partial charge < -0.3 is 10.6 Å². The van der Waals surface area contributed by atoms with Crippen LogP contribution in [0.5, 0.6) is 0 Å². The number of nitrogens with zero attached hydrogens (tertiary/aromatic N) is 2. The third-order valence-corrected chi connectivity index (χ3v) is 3.70. The van der Waals surface area contributed by atoms with Crippen LogP contribution in [0.1, 0.15) is 32.4 Å². The van der Waals surface area contributed by atoms with Gasteiger partial charge in [0, 0.05) is 30.7 Å². The molecule has 1 unspecified atom stereocenters. The smallest absolute Gasteiger partial charge is 0.0726 e. The summed E-state index contributed by atoms with van der Waals surface area (Å²) in [6, 6.07) is 10.9. The lowest BCUT2D eigenvalue weighted by molar-refractivity contribution is 0.617. The minimum Gasteiger partial charge on any atom is -0.371 e. The Bertz CT molecular complexity index is 551. The molecule has 0 aliphatic heterocycles. The van der Waals surface area contributed by atoms with Crippen LogP contribution in [0.25, 0.3) is 10.9 Å². The summed E-state index contributed by atoms with van der Waals surface area (Å²) in [5, 5.41) is 1.20. The van der Waals surface area contributed by atoms with Crippen molar-refractivity contribution in [2.45, 2.75) is 39.3 Å². The number of pyridine rings is 1. The molecule has 0 bridgehead atoms. The highest BCUT2D eigenvalue weighted by Crippen LogP contribution is 2.28. The summed E-state index contributed by atoms with van der Waals surface area (Å²) in [6.45, 7) is 4.97. The van der Waals surface area contributed by atoms with Gasteiger partial charge in [-0.1, -0.05) is 31.5 Å². The normalized spacial score (nSPS) is 12.6. The minimum absolute atomic E-state index is 0.480. The van der Waals surface area contributed by atoms with Gasteiger partial charge in [-0.05, 0) is 25.5 Å². The number of aromatic nitrogens is 1. The van der Waals surface area contributed by atoms with Crippen molar-refractivity contribution in [2.24, 2.45) is 5.73 Å². The summed E-state index contributed by atoms with van der Waals surface area (Å²) >= 11 is 0. The van der Waals surface area contributed by atoms with Crippen LogP contribution in [0.15, 0.2) is 30.3 Å². The van der Waals surface area contributed by atoms with E-state index >= 15 is 0 Å². The van der Waals surface area contributed by atoms with Crippen LogP contribution in [-0.2, 0) is 6.54 Å². The first-order valence-corrected chi connectivity index (χ1v) is 6.99. The molecule has 1 heterocycles. The van der Waals surface area contributed by atoms with Crippen LogP contribution in [0.2, 0.25) is 0 Å². The van der Waals surface area contributed by atoms with Crippen molar-refractivity contribution in [3.05, 3.63) is 36.0 Å². The highest BCUT2D eigenvalue weighted by atomic mass is 15.1. The largest absolute Gasteiger partial charge is 0.371 e. The molecule has 0 saturated heterocycles. The molecule has 2 N–H and O–H groups in total. The lowest BCUT2D eigenvalue weighted by atomic mass is 10.1. The maximum Gasteiger partial charge on any atom is 0.0726 e. The predicted molar refractivity (Wildman–Crippen MR) is 82.4 cm³/mol. The zero-order chi connectivity index (χ0) is 13.8. The van der Waals surface area contributed by atoms with E-state index in [0.717, 1.165) is 11.2 Å². The number of hydrogen-bond donors (Lipinski definition) is 1.